The number of benzene rings is 2. The molecule has 5 rings (SSSR count). The summed E-state index contributed by atoms with van der Waals surface area (Å²) in [6.45, 7) is 6.04. The molecule has 38 heavy (non-hydrogen) atoms. The maximum absolute atomic E-state index is 15.0. The lowest BCUT2D eigenvalue weighted by molar-refractivity contribution is 0.443. The van der Waals surface area contributed by atoms with Crippen LogP contribution in [0.2, 0.25) is 0 Å². The highest BCUT2D eigenvalue weighted by Gasteiger charge is 2.16. The van der Waals surface area contributed by atoms with Crippen LogP contribution in [0.1, 0.15) is 51.5 Å². The van der Waals surface area contributed by atoms with E-state index in [0.29, 0.717) is 34.7 Å². The van der Waals surface area contributed by atoms with Gasteiger partial charge in [0.1, 0.15) is 5.75 Å². The Kier molecular flexibility index (Phi) is 9.92. The molecule has 1 aliphatic carbocycles. The van der Waals surface area contributed by atoms with Gasteiger partial charge in [-0.25, -0.2) is 14.4 Å². The van der Waals surface area contributed by atoms with Crippen molar-refractivity contribution in [1.29, 1.82) is 0 Å². The molecular formula is C30H34FN5OS. The van der Waals surface area contributed by atoms with Crippen molar-refractivity contribution in [1.82, 2.24) is 15.0 Å². The highest BCUT2D eigenvalue weighted by Crippen LogP contribution is 2.34. The number of nitrogens with zero attached hydrogens (tertiary/aromatic N) is 3. The molecule has 0 radical (unpaired) electrons. The summed E-state index contributed by atoms with van der Waals surface area (Å²) in [5.74, 6) is 0.724. The number of aromatic nitrogens is 3. The highest BCUT2D eigenvalue weighted by atomic mass is 32.2. The van der Waals surface area contributed by atoms with Crippen molar-refractivity contribution in [2.45, 2.75) is 63.8 Å². The summed E-state index contributed by atoms with van der Waals surface area (Å²) < 4.78 is 24.2. The summed E-state index contributed by atoms with van der Waals surface area (Å²) in [6.07, 6.45) is 11.0. The molecule has 0 aliphatic heterocycles. The van der Waals surface area contributed by atoms with Crippen LogP contribution in [-0.4, -0.2) is 21.0 Å². The van der Waals surface area contributed by atoms with Gasteiger partial charge in [-0.05, 0) is 67.6 Å². The first-order valence-corrected chi connectivity index (χ1v) is 14.0. The lowest BCUT2D eigenvalue weighted by Crippen LogP contribution is -2.23. The second kappa shape index (κ2) is 13.8. The van der Waals surface area contributed by atoms with Crippen LogP contribution in [0.15, 0.2) is 78.1 Å². The molecule has 0 atom stereocenters. The average Bonchev–Trinajstić information content (AvgIpc) is 2.96. The van der Waals surface area contributed by atoms with Crippen molar-refractivity contribution in [3.8, 4) is 22.8 Å². The maximum atomic E-state index is 15.0. The van der Waals surface area contributed by atoms with Crippen LogP contribution >= 0.6 is 11.9 Å². The van der Waals surface area contributed by atoms with E-state index in [1.54, 1.807) is 36.8 Å². The van der Waals surface area contributed by atoms with Gasteiger partial charge in [0.25, 0.3) is 0 Å². The second-order valence-electron chi connectivity index (χ2n) is 8.83. The monoisotopic (exact) mass is 531 g/mol. The van der Waals surface area contributed by atoms with E-state index in [1.165, 1.54) is 37.3 Å². The fourth-order valence-electron chi connectivity index (χ4n) is 4.22. The van der Waals surface area contributed by atoms with Crippen LogP contribution in [0.3, 0.4) is 0 Å². The molecule has 0 saturated heterocycles. The van der Waals surface area contributed by atoms with Crippen molar-refractivity contribution in [2.75, 3.05) is 10.0 Å². The van der Waals surface area contributed by atoms with Crippen molar-refractivity contribution in [3.05, 3.63) is 84.6 Å². The zero-order valence-corrected chi connectivity index (χ0v) is 22.9. The SMILES string of the molecule is CC.Cc1ccccc1SNc1ccc(Oc2ccncc2-c2ccnc(NC3CCCCC3)n2)c(F)c1. The minimum absolute atomic E-state index is 0.128. The Labute approximate surface area is 228 Å². The predicted molar refractivity (Wildman–Crippen MR) is 154 cm³/mol. The summed E-state index contributed by atoms with van der Waals surface area (Å²) in [5, 5.41) is 3.45. The van der Waals surface area contributed by atoms with Crippen molar-refractivity contribution >= 4 is 23.6 Å². The van der Waals surface area contributed by atoms with Gasteiger partial charge in [0.05, 0.1) is 11.3 Å². The van der Waals surface area contributed by atoms with Crippen LogP contribution in [0, 0.1) is 12.7 Å². The minimum atomic E-state index is -0.463. The van der Waals surface area contributed by atoms with E-state index in [2.05, 4.69) is 25.0 Å². The van der Waals surface area contributed by atoms with Crippen molar-refractivity contribution in [3.63, 3.8) is 0 Å². The molecule has 2 heterocycles. The third-order valence-corrected chi connectivity index (χ3v) is 7.19. The third kappa shape index (κ3) is 7.22. The number of pyridine rings is 1. The second-order valence-corrected chi connectivity index (χ2v) is 9.68. The van der Waals surface area contributed by atoms with Crippen LogP contribution in [0.25, 0.3) is 11.3 Å². The fraction of sp³-hybridized carbons (Fsp3) is 0.300. The number of aryl methyl sites for hydroxylation is 1. The number of nitrogens with one attached hydrogen (secondary N) is 2. The molecule has 2 N–H and O–H groups in total. The lowest BCUT2D eigenvalue weighted by Gasteiger charge is -2.22. The zero-order chi connectivity index (χ0) is 26.7. The van der Waals surface area contributed by atoms with Gasteiger partial charge in [-0.1, -0.05) is 51.3 Å². The quantitative estimate of drug-likeness (QED) is 0.220. The largest absolute Gasteiger partial charge is 0.453 e. The number of ether oxygens (including phenoxy) is 1. The lowest BCUT2D eigenvalue weighted by atomic mass is 9.96. The van der Waals surface area contributed by atoms with Crippen LogP contribution in [0.5, 0.6) is 11.5 Å². The van der Waals surface area contributed by atoms with Gasteiger partial charge in [0.15, 0.2) is 11.6 Å². The molecule has 2 aromatic heterocycles. The Morgan fingerprint density at radius 3 is 2.55 bits per heavy atom. The Morgan fingerprint density at radius 2 is 1.76 bits per heavy atom. The van der Waals surface area contributed by atoms with E-state index in [-0.39, 0.29) is 5.75 Å². The fourth-order valence-corrected chi connectivity index (χ4v) is 4.95. The average molecular weight is 532 g/mol. The molecule has 2 aromatic carbocycles. The zero-order valence-electron chi connectivity index (χ0n) is 22.1. The van der Waals surface area contributed by atoms with Crippen LogP contribution < -0.4 is 14.8 Å². The Balaban J connectivity index is 0.00000164. The molecule has 1 fully saturated rings. The van der Waals surface area contributed by atoms with Crippen molar-refractivity contribution < 1.29 is 9.13 Å². The molecule has 1 saturated carbocycles. The molecule has 6 nitrogen and oxygen atoms in total. The first kappa shape index (κ1) is 27.4. The molecule has 0 spiro atoms. The summed E-state index contributed by atoms with van der Waals surface area (Å²) in [6, 6.07) is 16.8. The topological polar surface area (TPSA) is 72.0 Å². The molecule has 1 aliphatic rings. The van der Waals surface area contributed by atoms with Gasteiger partial charge in [0, 0.05) is 41.3 Å². The van der Waals surface area contributed by atoms with Gasteiger partial charge in [-0.15, -0.1) is 0 Å². The van der Waals surface area contributed by atoms with E-state index in [0.717, 1.165) is 23.3 Å². The normalized spacial score (nSPS) is 13.3. The Bertz CT molecular complexity index is 1330. The van der Waals surface area contributed by atoms with E-state index in [1.807, 2.05) is 51.1 Å². The molecule has 4 aromatic rings. The van der Waals surface area contributed by atoms with Crippen LogP contribution in [0.4, 0.5) is 16.0 Å². The summed E-state index contributed by atoms with van der Waals surface area (Å²) in [4.78, 5) is 14.4. The smallest absolute Gasteiger partial charge is 0.223 e. The third-order valence-electron chi connectivity index (χ3n) is 6.18. The molecule has 8 heteroatoms. The highest BCUT2D eigenvalue weighted by molar-refractivity contribution is 8.00. The van der Waals surface area contributed by atoms with Gasteiger partial charge in [-0.2, -0.15) is 0 Å². The Hall–Kier alpha value is -3.65. The molecular weight excluding hydrogens is 497 g/mol. The van der Waals surface area contributed by atoms with Gasteiger partial charge < -0.3 is 14.8 Å². The summed E-state index contributed by atoms with van der Waals surface area (Å²) >= 11 is 1.45. The first-order valence-electron chi connectivity index (χ1n) is 13.2. The van der Waals surface area contributed by atoms with Gasteiger partial charge in [0.2, 0.25) is 5.95 Å². The molecule has 198 valence electrons. The summed E-state index contributed by atoms with van der Waals surface area (Å²) in [5.41, 5.74) is 3.14. The van der Waals surface area contributed by atoms with Gasteiger partial charge >= 0.3 is 0 Å². The predicted octanol–water partition coefficient (Wildman–Crippen LogP) is 8.67. The maximum Gasteiger partial charge on any atom is 0.223 e. The van der Waals surface area contributed by atoms with E-state index in [4.69, 9.17) is 4.74 Å². The first-order chi connectivity index (χ1) is 18.7. The van der Waals surface area contributed by atoms with E-state index >= 15 is 0 Å². The standard InChI is InChI=1S/C28H28FN5OS.C2H6/c1-19-7-5-6-10-27(19)36-34-21-11-12-26(23(29)17-21)35-25-14-15-30-18-22(25)24-13-16-31-28(33-24)32-20-8-3-2-4-9-20;1-2/h5-7,10-18,20,34H,2-4,8-9H2,1H3,(H,31,32,33);1-2H3. The number of hydrogen-bond donors (Lipinski definition) is 2. The van der Waals surface area contributed by atoms with Crippen molar-refractivity contribution in [2.24, 2.45) is 0 Å². The molecule has 0 unspecified atom stereocenters. The van der Waals surface area contributed by atoms with E-state index in [9.17, 15) is 4.39 Å². The van der Waals surface area contributed by atoms with Crippen LogP contribution in [-0.2, 0) is 0 Å². The number of hydrogen-bond acceptors (Lipinski definition) is 7. The van der Waals surface area contributed by atoms with Gasteiger partial charge in [-0.3, -0.25) is 4.98 Å². The summed E-state index contributed by atoms with van der Waals surface area (Å²) in [7, 11) is 0. The molecule has 0 amide bonds. The minimum Gasteiger partial charge on any atom is -0.453 e. The number of anilines is 2. The number of halogens is 1. The van der Waals surface area contributed by atoms with E-state index < -0.39 is 5.82 Å². The Morgan fingerprint density at radius 1 is 0.947 bits per heavy atom. The number of rotatable bonds is 8. The molecule has 0 bridgehead atoms.